The molecule has 0 aromatic heterocycles. The number of carbonyl (C=O) groups excluding carboxylic acids is 3. The van der Waals surface area contributed by atoms with E-state index in [1.165, 1.54) is 64.2 Å². The Labute approximate surface area is 462 Å². The van der Waals surface area contributed by atoms with Crippen LogP contribution in [0.1, 0.15) is 265 Å². The van der Waals surface area contributed by atoms with Crippen LogP contribution in [0, 0.1) is 0 Å². The van der Waals surface area contributed by atoms with E-state index in [2.05, 4.69) is 154 Å². The molecule has 75 heavy (non-hydrogen) atoms. The number of hydrogen-bond acceptors (Lipinski definition) is 6. The van der Waals surface area contributed by atoms with Crippen molar-refractivity contribution in [2.75, 3.05) is 13.2 Å². The highest BCUT2D eigenvalue weighted by molar-refractivity contribution is 5.71. The molecule has 0 saturated carbocycles. The molecule has 0 aromatic rings. The lowest BCUT2D eigenvalue weighted by Crippen LogP contribution is -2.30. The van der Waals surface area contributed by atoms with Crippen LogP contribution in [0.5, 0.6) is 0 Å². The minimum atomic E-state index is -0.804. The Morgan fingerprint density at radius 1 is 0.280 bits per heavy atom. The molecule has 0 radical (unpaired) electrons. The molecule has 0 spiro atoms. The number of carbonyl (C=O) groups is 3. The van der Waals surface area contributed by atoms with Crippen molar-refractivity contribution in [3.63, 3.8) is 0 Å². The van der Waals surface area contributed by atoms with Crippen molar-refractivity contribution in [2.45, 2.75) is 271 Å². The number of rotatable bonds is 54. The average Bonchev–Trinajstić information content (AvgIpc) is 3.41. The number of allylic oxidation sites excluding steroid dienone is 22. The summed E-state index contributed by atoms with van der Waals surface area (Å²) in [6.07, 6.45) is 87.2. The topological polar surface area (TPSA) is 78.9 Å². The van der Waals surface area contributed by atoms with Gasteiger partial charge in [-0.05, 0) is 135 Å². The first kappa shape index (κ1) is 70.5. The molecular weight excluding hydrogens is 925 g/mol. The summed E-state index contributed by atoms with van der Waals surface area (Å²) in [5.41, 5.74) is 0. The van der Waals surface area contributed by atoms with Gasteiger partial charge in [-0.25, -0.2) is 0 Å². The number of hydrogen-bond donors (Lipinski definition) is 0. The van der Waals surface area contributed by atoms with E-state index in [0.29, 0.717) is 19.3 Å². The van der Waals surface area contributed by atoms with Gasteiger partial charge in [0.15, 0.2) is 6.10 Å². The molecular formula is C69H112O6. The largest absolute Gasteiger partial charge is 0.462 e. The summed E-state index contributed by atoms with van der Waals surface area (Å²) < 4.78 is 16.9. The Balaban J connectivity index is 4.46. The lowest BCUT2D eigenvalue weighted by Gasteiger charge is -2.18. The van der Waals surface area contributed by atoms with E-state index in [4.69, 9.17) is 14.2 Å². The molecule has 424 valence electrons. The summed E-state index contributed by atoms with van der Waals surface area (Å²) in [4.78, 5) is 38.3. The van der Waals surface area contributed by atoms with Crippen molar-refractivity contribution in [3.05, 3.63) is 134 Å². The quantitative estimate of drug-likeness (QED) is 0.0261. The van der Waals surface area contributed by atoms with Crippen LogP contribution in [0.4, 0.5) is 0 Å². The summed E-state index contributed by atoms with van der Waals surface area (Å²) in [5.74, 6) is -0.939. The molecule has 1 atom stereocenters. The molecule has 0 aliphatic carbocycles. The first-order chi connectivity index (χ1) is 37.0. The van der Waals surface area contributed by atoms with Gasteiger partial charge in [-0.3, -0.25) is 14.4 Å². The molecule has 0 aromatic carbocycles. The van der Waals surface area contributed by atoms with Crippen LogP contribution in [0.25, 0.3) is 0 Å². The van der Waals surface area contributed by atoms with Crippen LogP contribution in [0.2, 0.25) is 0 Å². The van der Waals surface area contributed by atoms with Crippen molar-refractivity contribution < 1.29 is 28.6 Å². The van der Waals surface area contributed by atoms with Crippen molar-refractivity contribution in [1.82, 2.24) is 0 Å². The maximum atomic E-state index is 12.9. The summed E-state index contributed by atoms with van der Waals surface area (Å²) in [7, 11) is 0. The number of ether oxygens (including phenoxy) is 3. The standard InChI is InChI=1S/C69H112O6/c1-4-7-10-13-16-19-22-25-28-30-32-33-34-35-37-38-41-44-47-50-53-56-59-62-68(71)74-65-66(64-73-67(70)61-58-55-52-49-46-43-40-27-24-21-18-15-12-9-6-3)75-69(72)63-60-57-54-51-48-45-42-39-36-31-29-26-23-20-17-14-11-8-5-2/h7,9-10,12,16-21,25-29,32-33,35-37,39-40,66H,4-6,8,11,13-15,22-24,30-31,34,38,41-65H2,1-3H3/b10-7-,12-9-,19-16-,20-17-,21-18-,28-25-,29-26-,33-32-,37-35-,39-36-,40-27-. The summed E-state index contributed by atoms with van der Waals surface area (Å²) >= 11 is 0. The van der Waals surface area contributed by atoms with Crippen LogP contribution in [-0.2, 0) is 28.6 Å². The van der Waals surface area contributed by atoms with Gasteiger partial charge in [0.2, 0.25) is 0 Å². The van der Waals surface area contributed by atoms with E-state index in [0.717, 1.165) is 161 Å². The van der Waals surface area contributed by atoms with Gasteiger partial charge in [0.25, 0.3) is 0 Å². The number of esters is 3. The zero-order chi connectivity index (χ0) is 54.3. The Hall–Kier alpha value is -4.45. The molecule has 0 aliphatic rings. The van der Waals surface area contributed by atoms with E-state index < -0.39 is 6.10 Å². The second-order valence-corrected chi connectivity index (χ2v) is 19.8. The molecule has 0 amide bonds. The molecule has 0 bridgehead atoms. The second-order valence-electron chi connectivity index (χ2n) is 19.8. The van der Waals surface area contributed by atoms with Crippen molar-refractivity contribution in [3.8, 4) is 0 Å². The summed E-state index contributed by atoms with van der Waals surface area (Å²) in [6, 6.07) is 0. The maximum absolute atomic E-state index is 12.9. The summed E-state index contributed by atoms with van der Waals surface area (Å²) in [5, 5.41) is 0. The first-order valence-electron chi connectivity index (χ1n) is 30.7. The van der Waals surface area contributed by atoms with E-state index in [1.54, 1.807) is 0 Å². The minimum Gasteiger partial charge on any atom is -0.462 e. The molecule has 0 aliphatic heterocycles. The van der Waals surface area contributed by atoms with Gasteiger partial charge in [0, 0.05) is 19.3 Å². The van der Waals surface area contributed by atoms with Crippen molar-refractivity contribution in [1.29, 1.82) is 0 Å². The smallest absolute Gasteiger partial charge is 0.306 e. The zero-order valence-electron chi connectivity index (χ0n) is 48.5. The Bertz CT molecular complexity index is 1620. The summed E-state index contributed by atoms with van der Waals surface area (Å²) in [6.45, 7) is 6.35. The first-order valence-corrected chi connectivity index (χ1v) is 30.7. The van der Waals surface area contributed by atoms with E-state index in [-0.39, 0.29) is 31.1 Å². The zero-order valence-corrected chi connectivity index (χ0v) is 48.5. The van der Waals surface area contributed by atoms with Gasteiger partial charge in [-0.2, -0.15) is 0 Å². The fraction of sp³-hybridized carbons (Fsp3) is 0.638. The van der Waals surface area contributed by atoms with Crippen LogP contribution in [-0.4, -0.2) is 37.2 Å². The highest BCUT2D eigenvalue weighted by atomic mass is 16.6. The third-order valence-electron chi connectivity index (χ3n) is 12.6. The molecule has 0 heterocycles. The van der Waals surface area contributed by atoms with Gasteiger partial charge < -0.3 is 14.2 Å². The Kier molecular flexibility index (Phi) is 58.4. The highest BCUT2D eigenvalue weighted by Crippen LogP contribution is 2.14. The van der Waals surface area contributed by atoms with Gasteiger partial charge in [0.1, 0.15) is 13.2 Å². The van der Waals surface area contributed by atoms with Crippen LogP contribution >= 0.6 is 0 Å². The predicted molar refractivity (Wildman–Crippen MR) is 325 cm³/mol. The van der Waals surface area contributed by atoms with Crippen LogP contribution in [0.15, 0.2) is 134 Å². The fourth-order valence-electron chi connectivity index (χ4n) is 8.08. The maximum Gasteiger partial charge on any atom is 0.306 e. The van der Waals surface area contributed by atoms with Crippen LogP contribution in [0.3, 0.4) is 0 Å². The second kappa shape index (κ2) is 62.1. The molecule has 6 heteroatoms. The molecule has 0 rings (SSSR count). The molecule has 0 saturated heterocycles. The van der Waals surface area contributed by atoms with Gasteiger partial charge in [-0.15, -0.1) is 0 Å². The van der Waals surface area contributed by atoms with Crippen LogP contribution < -0.4 is 0 Å². The van der Waals surface area contributed by atoms with Gasteiger partial charge in [0.05, 0.1) is 0 Å². The normalized spacial score (nSPS) is 13.1. The van der Waals surface area contributed by atoms with Crippen molar-refractivity contribution in [2.24, 2.45) is 0 Å². The SMILES string of the molecule is CC/C=C\C/C=C\C/C=C\C/C=C\C/C=C\CCCCCCCCCC(=O)OCC(COC(=O)CCCCCCC/C=C\C/C=C\C/C=C\CC)OC(=O)CCCCCCCC/C=C\C/C=C\C/C=C\CCCCC. The molecule has 0 N–H and O–H groups in total. The Morgan fingerprint density at radius 2 is 0.520 bits per heavy atom. The lowest BCUT2D eigenvalue weighted by atomic mass is 10.1. The van der Waals surface area contributed by atoms with Gasteiger partial charge in [-0.1, -0.05) is 244 Å². The predicted octanol–water partition coefficient (Wildman–Crippen LogP) is 21.0. The average molecular weight is 1040 g/mol. The molecule has 0 fully saturated rings. The lowest BCUT2D eigenvalue weighted by molar-refractivity contribution is -0.167. The highest BCUT2D eigenvalue weighted by Gasteiger charge is 2.19. The van der Waals surface area contributed by atoms with E-state index in [9.17, 15) is 14.4 Å². The Morgan fingerprint density at radius 3 is 0.813 bits per heavy atom. The van der Waals surface area contributed by atoms with Gasteiger partial charge >= 0.3 is 17.9 Å². The molecule has 6 nitrogen and oxygen atoms in total. The van der Waals surface area contributed by atoms with E-state index in [1.807, 2.05) is 0 Å². The monoisotopic (exact) mass is 1040 g/mol. The minimum absolute atomic E-state index is 0.0992. The third kappa shape index (κ3) is 60.3. The molecule has 1 unspecified atom stereocenters. The fourth-order valence-corrected chi connectivity index (χ4v) is 8.08. The van der Waals surface area contributed by atoms with E-state index >= 15 is 0 Å². The van der Waals surface area contributed by atoms with Crippen molar-refractivity contribution >= 4 is 17.9 Å². The number of unbranched alkanes of at least 4 members (excludes halogenated alkanes) is 21. The third-order valence-corrected chi connectivity index (χ3v) is 12.6.